The van der Waals surface area contributed by atoms with Gasteiger partial charge in [0.1, 0.15) is 5.75 Å². The number of H-pyrrole nitrogens is 1. The van der Waals surface area contributed by atoms with E-state index in [2.05, 4.69) is 10.3 Å². The zero-order valence-electron chi connectivity index (χ0n) is 12.5. The van der Waals surface area contributed by atoms with E-state index >= 15 is 0 Å². The van der Waals surface area contributed by atoms with Crippen molar-refractivity contribution in [2.75, 3.05) is 12.4 Å². The van der Waals surface area contributed by atoms with Crippen LogP contribution in [0.5, 0.6) is 5.75 Å². The Balaban J connectivity index is 1.88. The summed E-state index contributed by atoms with van der Waals surface area (Å²) < 4.78 is 5.15. The minimum Gasteiger partial charge on any atom is -0.497 e. The van der Waals surface area contributed by atoms with Gasteiger partial charge in [0.15, 0.2) is 0 Å². The molecule has 122 valence electrons. The van der Waals surface area contributed by atoms with Gasteiger partial charge in [-0.15, -0.1) is 0 Å². The molecule has 0 saturated carbocycles. The maximum atomic E-state index is 12.4. The summed E-state index contributed by atoms with van der Waals surface area (Å²) in [5, 5.41) is 3.79. The first-order valence-electron chi connectivity index (χ1n) is 6.95. The smallest absolute Gasteiger partial charge is 0.296 e. The molecular formula is C17H12Cl2N2O3. The number of benzene rings is 2. The maximum Gasteiger partial charge on any atom is 0.296 e. The summed E-state index contributed by atoms with van der Waals surface area (Å²) in [6.07, 6.45) is 1.50. The molecule has 2 aromatic carbocycles. The third-order valence-corrected chi connectivity index (χ3v) is 4.26. The average Bonchev–Trinajstić information content (AvgIpc) is 3.00. The minimum absolute atomic E-state index is 0.265. The predicted octanol–water partition coefficient (Wildman–Crippen LogP) is 4.30. The van der Waals surface area contributed by atoms with Crippen molar-refractivity contribution in [2.24, 2.45) is 0 Å². The van der Waals surface area contributed by atoms with Crippen LogP contribution in [0.15, 0.2) is 42.6 Å². The Morgan fingerprint density at radius 3 is 2.58 bits per heavy atom. The SMILES string of the molecule is COc1ccc2[nH]cc(C(=O)C(=O)Nc3ccc(Cl)c(Cl)c3)c2c1. The topological polar surface area (TPSA) is 71.2 Å². The highest BCUT2D eigenvalue weighted by Crippen LogP contribution is 2.26. The van der Waals surface area contributed by atoms with Crippen LogP contribution in [0.2, 0.25) is 10.0 Å². The normalized spacial score (nSPS) is 10.6. The summed E-state index contributed by atoms with van der Waals surface area (Å²) in [5.74, 6) is -0.835. The lowest BCUT2D eigenvalue weighted by atomic mass is 10.1. The van der Waals surface area contributed by atoms with Crippen LogP contribution in [0.4, 0.5) is 5.69 Å². The Morgan fingerprint density at radius 1 is 1.08 bits per heavy atom. The van der Waals surface area contributed by atoms with E-state index in [1.54, 1.807) is 30.3 Å². The van der Waals surface area contributed by atoms with Gasteiger partial charge >= 0.3 is 0 Å². The second-order valence-electron chi connectivity index (χ2n) is 5.03. The Kier molecular flexibility index (Phi) is 4.46. The molecule has 7 heteroatoms. The number of nitrogens with one attached hydrogen (secondary N) is 2. The van der Waals surface area contributed by atoms with E-state index in [4.69, 9.17) is 27.9 Å². The van der Waals surface area contributed by atoms with Crippen molar-refractivity contribution in [1.82, 2.24) is 4.98 Å². The van der Waals surface area contributed by atoms with Crippen LogP contribution in [-0.4, -0.2) is 23.8 Å². The Bertz CT molecular complexity index is 950. The van der Waals surface area contributed by atoms with Crippen LogP contribution in [0.1, 0.15) is 10.4 Å². The average molecular weight is 363 g/mol. The number of anilines is 1. The highest BCUT2D eigenvalue weighted by atomic mass is 35.5. The molecule has 0 saturated heterocycles. The first-order valence-corrected chi connectivity index (χ1v) is 7.71. The lowest BCUT2D eigenvalue weighted by molar-refractivity contribution is -0.112. The number of rotatable bonds is 4. The van der Waals surface area contributed by atoms with Crippen molar-refractivity contribution in [1.29, 1.82) is 0 Å². The number of ketones is 1. The molecule has 2 N–H and O–H groups in total. The van der Waals surface area contributed by atoms with Gasteiger partial charge in [-0.05, 0) is 36.4 Å². The molecule has 0 bridgehead atoms. The van der Waals surface area contributed by atoms with Gasteiger partial charge in [0.25, 0.3) is 11.7 Å². The number of aromatic nitrogens is 1. The first kappa shape index (κ1) is 16.4. The number of amides is 1. The monoisotopic (exact) mass is 362 g/mol. The molecule has 0 fully saturated rings. The van der Waals surface area contributed by atoms with Crippen molar-refractivity contribution in [2.45, 2.75) is 0 Å². The third kappa shape index (κ3) is 3.09. The van der Waals surface area contributed by atoms with E-state index in [0.717, 1.165) is 5.52 Å². The largest absolute Gasteiger partial charge is 0.497 e. The molecule has 24 heavy (non-hydrogen) atoms. The van der Waals surface area contributed by atoms with E-state index in [-0.39, 0.29) is 5.56 Å². The fourth-order valence-electron chi connectivity index (χ4n) is 2.30. The van der Waals surface area contributed by atoms with Gasteiger partial charge in [-0.2, -0.15) is 0 Å². The number of hydrogen-bond donors (Lipinski definition) is 2. The fourth-order valence-corrected chi connectivity index (χ4v) is 2.60. The predicted molar refractivity (Wildman–Crippen MR) is 94.3 cm³/mol. The van der Waals surface area contributed by atoms with Gasteiger partial charge in [0, 0.05) is 22.8 Å². The zero-order chi connectivity index (χ0) is 17.3. The minimum atomic E-state index is -0.767. The molecule has 1 amide bonds. The quantitative estimate of drug-likeness (QED) is 0.536. The summed E-state index contributed by atoms with van der Waals surface area (Å²) in [6.45, 7) is 0. The molecule has 0 spiro atoms. The molecule has 0 atom stereocenters. The van der Waals surface area contributed by atoms with E-state index in [9.17, 15) is 9.59 Å². The van der Waals surface area contributed by atoms with Gasteiger partial charge in [0.2, 0.25) is 0 Å². The van der Waals surface area contributed by atoms with E-state index in [1.165, 1.54) is 19.4 Å². The highest BCUT2D eigenvalue weighted by molar-refractivity contribution is 6.48. The van der Waals surface area contributed by atoms with Gasteiger partial charge in [-0.25, -0.2) is 0 Å². The van der Waals surface area contributed by atoms with Crippen LogP contribution < -0.4 is 10.1 Å². The number of Topliss-reactive ketones (excluding diaryl/α,β-unsaturated/α-hetero) is 1. The van der Waals surface area contributed by atoms with Gasteiger partial charge < -0.3 is 15.0 Å². The summed E-state index contributed by atoms with van der Waals surface area (Å²) in [7, 11) is 1.53. The number of fused-ring (bicyclic) bond motifs is 1. The number of methoxy groups -OCH3 is 1. The molecule has 1 aromatic heterocycles. The molecule has 0 radical (unpaired) electrons. The molecule has 0 aliphatic rings. The fraction of sp³-hybridized carbons (Fsp3) is 0.0588. The van der Waals surface area contributed by atoms with Crippen molar-refractivity contribution in [3.05, 3.63) is 58.2 Å². The van der Waals surface area contributed by atoms with Crippen LogP contribution in [0.3, 0.4) is 0 Å². The van der Waals surface area contributed by atoms with Crippen LogP contribution in [0, 0.1) is 0 Å². The second kappa shape index (κ2) is 6.55. The lowest BCUT2D eigenvalue weighted by Crippen LogP contribution is -2.22. The summed E-state index contributed by atoms with van der Waals surface area (Å²) >= 11 is 11.7. The maximum absolute atomic E-state index is 12.4. The molecule has 5 nitrogen and oxygen atoms in total. The number of ether oxygens (including phenoxy) is 1. The number of carbonyl (C=O) groups is 2. The standard InChI is InChI=1S/C17H12Cl2N2O3/c1-24-10-3-5-15-11(7-10)12(8-20-15)16(22)17(23)21-9-2-4-13(18)14(19)6-9/h2-8,20H,1H3,(H,21,23). The summed E-state index contributed by atoms with van der Waals surface area (Å²) in [5.41, 5.74) is 1.39. The molecule has 3 rings (SSSR count). The Morgan fingerprint density at radius 2 is 1.88 bits per heavy atom. The van der Waals surface area contributed by atoms with E-state index < -0.39 is 11.7 Å². The zero-order valence-corrected chi connectivity index (χ0v) is 14.0. The van der Waals surface area contributed by atoms with Crippen molar-refractivity contribution in [3.8, 4) is 5.75 Å². The summed E-state index contributed by atoms with van der Waals surface area (Å²) in [6, 6.07) is 9.84. The molecule has 0 aliphatic heterocycles. The molecular weight excluding hydrogens is 351 g/mol. The molecule has 0 unspecified atom stereocenters. The van der Waals surface area contributed by atoms with E-state index in [1.807, 2.05) is 0 Å². The van der Waals surface area contributed by atoms with Gasteiger partial charge in [-0.3, -0.25) is 9.59 Å². The third-order valence-electron chi connectivity index (χ3n) is 3.52. The van der Waals surface area contributed by atoms with E-state index in [0.29, 0.717) is 26.9 Å². The van der Waals surface area contributed by atoms with Crippen molar-refractivity contribution in [3.63, 3.8) is 0 Å². The highest BCUT2D eigenvalue weighted by Gasteiger charge is 2.20. The molecule has 0 aliphatic carbocycles. The number of carbonyl (C=O) groups excluding carboxylic acids is 2. The second-order valence-corrected chi connectivity index (χ2v) is 5.84. The van der Waals surface area contributed by atoms with Crippen LogP contribution >= 0.6 is 23.2 Å². The molecule has 1 heterocycles. The van der Waals surface area contributed by atoms with Gasteiger partial charge in [0.05, 0.1) is 22.7 Å². The Labute approximate surface area is 147 Å². The lowest BCUT2D eigenvalue weighted by Gasteiger charge is -2.05. The van der Waals surface area contributed by atoms with Gasteiger partial charge in [-0.1, -0.05) is 23.2 Å². The number of hydrogen-bond acceptors (Lipinski definition) is 3. The molecule has 3 aromatic rings. The van der Waals surface area contributed by atoms with Crippen molar-refractivity contribution >= 4 is 51.5 Å². The Hall–Kier alpha value is -2.50. The summed E-state index contributed by atoms with van der Waals surface area (Å²) in [4.78, 5) is 27.6. The number of aromatic amines is 1. The van der Waals surface area contributed by atoms with Crippen LogP contribution in [0.25, 0.3) is 10.9 Å². The van der Waals surface area contributed by atoms with Crippen LogP contribution in [-0.2, 0) is 4.79 Å². The van der Waals surface area contributed by atoms with Crippen molar-refractivity contribution < 1.29 is 14.3 Å². The number of halogens is 2. The first-order chi connectivity index (χ1) is 11.5.